The summed E-state index contributed by atoms with van der Waals surface area (Å²) in [4.78, 5) is 0. The second kappa shape index (κ2) is 3.78. The van der Waals surface area contributed by atoms with E-state index in [1.807, 2.05) is 0 Å². The lowest BCUT2D eigenvalue weighted by atomic mass is 9.22. The lowest BCUT2D eigenvalue weighted by Gasteiger charge is -2.23. The maximum absolute atomic E-state index is 6.06. The number of hydrogen-bond acceptors (Lipinski definition) is 2. The largest absolute Gasteiger partial charge is 0.412 e. The first kappa shape index (κ1) is 12.5. The van der Waals surface area contributed by atoms with E-state index in [1.165, 1.54) is 12.6 Å². The van der Waals surface area contributed by atoms with E-state index in [1.54, 1.807) is 0 Å². The van der Waals surface area contributed by atoms with Gasteiger partial charge in [0.2, 0.25) is 0 Å². The van der Waals surface area contributed by atoms with Gasteiger partial charge in [0.1, 0.15) is 0 Å². The fourth-order valence-electron chi connectivity index (χ4n) is 2.94. The first-order valence-electron chi connectivity index (χ1n) is 6.55. The van der Waals surface area contributed by atoms with Gasteiger partial charge in [-0.3, -0.25) is 0 Å². The smallest absolute Gasteiger partial charge is 0.407 e. The van der Waals surface area contributed by atoms with Crippen molar-refractivity contribution in [2.75, 3.05) is 0 Å². The summed E-state index contributed by atoms with van der Waals surface area (Å²) in [5.41, 5.74) is 0.313. The maximum atomic E-state index is 6.06. The van der Waals surface area contributed by atoms with Gasteiger partial charge in [-0.25, -0.2) is 0 Å². The van der Waals surface area contributed by atoms with Crippen LogP contribution in [0.1, 0.15) is 41.5 Å². The van der Waals surface area contributed by atoms with E-state index in [2.05, 4.69) is 41.5 Å². The predicted octanol–water partition coefficient (Wildman–Crippen LogP) is 2.94. The van der Waals surface area contributed by atoms with Crippen molar-refractivity contribution in [3.63, 3.8) is 0 Å². The average Bonchev–Trinajstić information content (AvgIpc) is 2.53. The molecule has 0 aromatic heterocycles. The zero-order chi connectivity index (χ0) is 12.1. The Labute approximate surface area is 101 Å². The molecule has 2 aliphatic rings. The molecule has 0 spiro atoms. The van der Waals surface area contributed by atoms with Crippen LogP contribution in [0.4, 0.5) is 0 Å². The first-order valence-corrected chi connectivity index (χ1v) is 6.55. The summed E-state index contributed by atoms with van der Waals surface area (Å²) < 4.78 is 12.0. The molecule has 2 rings (SSSR count). The van der Waals surface area contributed by atoms with Crippen molar-refractivity contribution < 1.29 is 9.31 Å². The molecule has 2 fully saturated rings. The molecule has 2 heterocycles. The summed E-state index contributed by atoms with van der Waals surface area (Å²) in [7, 11) is 0.0224. The fraction of sp³-hybridized carbons (Fsp3) is 1.00. The summed E-state index contributed by atoms with van der Waals surface area (Å²) >= 11 is 0. The molecule has 0 bridgehead atoms. The van der Waals surface area contributed by atoms with Crippen LogP contribution in [-0.4, -0.2) is 25.3 Å². The van der Waals surface area contributed by atoms with E-state index in [9.17, 15) is 0 Å². The Kier molecular flexibility index (Phi) is 2.95. The SMILES string of the molecule is CC1CB(B2OC(C)C(C)(C)O2)CC1(C)C. The highest BCUT2D eigenvalue weighted by Crippen LogP contribution is 2.45. The third kappa shape index (κ3) is 2.06. The fourth-order valence-corrected chi connectivity index (χ4v) is 2.94. The second-order valence-corrected chi connectivity index (χ2v) is 6.96. The molecule has 0 radical (unpaired) electrons. The third-order valence-corrected chi connectivity index (χ3v) is 4.90. The molecule has 2 atom stereocenters. The van der Waals surface area contributed by atoms with E-state index < -0.39 is 0 Å². The van der Waals surface area contributed by atoms with E-state index in [0.29, 0.717) is 12.0 Å². The Hall–Kier alpha value is 0.0499. The molecule has 2 aliphatic heterocycles. The van der Waals surface area contributed by atoms with Gasteiger partial charge >= 0.3 is 7.01 Å². The van der Waals surface area contributed by atoms with Crippen LogP contribution in [0.3, 0.4) is 0 Å². The van der Waals surface area contributed by atoms with Crippen LogP contribution in [0.5, 0.6) is 0 Å². The van der Waals surface area contributed by atoms with Crippen LogP contribution in [-0.2, 0) is 9.31 Å². The minimum atomic E-state index is -0.124. The summed E-state index contributed by atoms with van der Waals surface area (Å²) in [6.07, 6.45) is 2.67. The summed E-state index contributed by atoms with van der Waals surface area (Å²) in [5.74, 6) is 0.767. The molecule has 4 heteroatoms. The zero-order valence-corrected chi connectivity index (χ0v) is 11.5. The minimum absolute atomic E-state index is 0.0224. The van der Waals surface area contributed by atoms with E-state index >= 15 is 0 Å². The molecule has 0 saturated carbocycles. The quantitative estimate of drug-likeness (QED) is 0.635. The van der Waals surface area contributed by atoms with Gasteiger partial charge in [0, 0.05) is 0 Å². The van der Waals surface area contributed by atoms with Crippen LogP contribution < -0.4 is 0 Å². The Morgan fingerprint density at radius 3 is 2.12 bits per heavy atom. The van der Waals surface area contributed by atoms with Crippen molar-refractivity contribution in [3.05, 3.63) is 0 Å². The lowest BCUT2D eigenvalue weighted by Crippen LogP contribution is -2.37. The van der Waals surface area contributed by atoms with Crippen molar-refractivity contribution >= 4 is 13.6 Å². The standard InChI is InChI=1S/C12H24B2O2/c1-9-7-13(8-11(9,3)4)14-15-10(2)12(5,6)16-14/h9-10H,7-8H2,1-6H3. The minimum Gasteiger partial charge on any atom is -0.412 e. The monoisotopic (exact) mass is 222 g/mol. The van der Waals surface area contributed by atoms with Gasteiger partial charge in [0.25, 0.3) is 0 Å². The maximum Gasteiger partial charge on any atom is 0.407 e. The molecule has 16 heavy (non-hydrogen) atoms. The van der Waals surface area contributed by atoms with Crippen molar-refractivity contribution in [1.82, 2.24) is 0 Å². The summed E-state index contributed by atoms with van der Waals surface area (Å²) in [6.45, 7) is 14.0. The molecule has 0 aliphatic carbocycles. The second-order valence-electron chi connectivity index (χ2n) is 6.96. The van der Waals surface area contributed by atoms with E-state index in [4.69, 9.17) is 9.31 Å². The van der Waals surface area contributed by atoms with Gasteiger partial charge in [-0.2, -0.15) is 0 Å². The van der Waals surface area contributed by atoms with Crippen LogP contribution in [0.15, 0.2) is 0 Å². The van der Waals surface area contributed by atoms with Crippen LogP contribution in [0.2, 0.25) is 12.6 Å². The van der Waals surface area contributed by atoms with Crippen molar-refractivity contribution in [1.29, 1.82) is 0 Å². The highest BCUT2D eigenvalue weighted by atomic mass is 16.7. The Morgan fingerprint density at radius 1 is 1.12 bits per heavy atom. The highest BCUT2D eigenvalue weighted by molar-refractivity contribution is 7.17. The molecule has 0 amide bonds. The van der Waals surface area contributed by atoms with Crippen LogP contribution in [0, 0.1) is 11.3 Å². The topological polar surface area (TPSA) is 18.5 Å². The summed E-state index contributed by atoms with van der Waals surface area (Å²) in [5, 5.41) is 0. The first-order chi connectivity index (χ1) is 7.22. The van der Waals surface area contributed by atoms with Gasteiger partial charge < -0.3 is 9.31 Å². The van der Waals surface area contributed by atoms with Gasteiger partial charge in [-0.05, 0) is 32.1 Å². The Bertz CT molecular complexity index is 250. The van der Waals surface area contributed by atoms with Crippen molar-refractivity contribution in [2.45, 2.75) is 65.9 Å². The van der Waals surface area contributed by atoms with Crippen LogP contribution in [0.25, 0.3) is 0 Å². The Balaban J connectivity index is 2.02. The van der Waals surface area contributed by atoms with Crippen molar-refractivity contribution in [2.24, 2.45) is 11.3 Å². The molecule has 90 valence electrons. The Morgan fingerprint density at radius 2 is 1.75 bits per heavy atom. The highest BCUT2D eigenvalue weighted by Gasteiger charge is 2.53. The molecular weight excluding hydrogens is 198 g/mol. The zero-order valence-electron chi connectivity index (χ0n) is 11.5. The predicted molar refractivity (Wildman–Crippen MR) is 69.8 cm³/mol. The molecule has 2 saturated heterocycles. The van der Waals surface area contributed by atoms with Gasteiger partial charge in [-0.1, -0.05) is 33.4 Å². The molecule has 0 aromatic rings. The number of hydrogen-bond donors (Lipinski definition) is 0. The van der Waals surface area contributed by atoms with E-state index in [-0.39, 0.29) is 18.7 Å². The molecular formula is C12H24B2O2. The van der Waals surface area contributed by atoms with Gasteiger partial charge in [0.15, 0.2) is 6.60 Å². The normalized spacial score (nSPS) is 37.1. The molecule has 0 N–H and O–H groups in total. The molecule has 0 aromatic carbocycles. The van der Waals surface area contributed by atoms with Crippen LogP contribution >= 0.6 is 0 Å². The number of rotatable bonds is 1. The summed E-state index contributed by atoms with van der Waals surface area (Å²) in [6, 6.07) is 0. The molecule has 2 unspecified atom stereocenters. The average molecular weight is 222 g/mol. The van der Waals surface area contributed by atoms with E-state index in [0.717, 1.165) is 5.92 Å². The molecule has 2 nitrogen and oxygen atoms in total. The lowest BCUT2D eigenvalue weighted by molar-refractivity contribution is 0.0843. The van der Waals surface area contributed by atoms with Gasteiger partial charge in [-0.15, -0.1) is 0 Å². The van der Waals surface area contributed by atoms with Crippen molar-refractivity contribution in [3.8, 4) is 0 Å². The third-order valence-electron chi connectivity index (χ3n) is 4.90. The van der Waals surface area contributed by atoms with Gasteiger partial charge in [0.05, 0.1) is 11.7 Å².